The van der Waals surface area contributed by atoms with Crippen LogP contribution in [0.3, 0.4) is 0 Å². The Morgan fingerprint density at radius 2 is 1.68 bits per heavy atom. The number of carboxylic acid groups (broad SMARTS) is 1. The summed E-state index contributed by atoms with van der Waals surface area (Å²) in [5.74, 6) is -2.08. The number of pyridine rings is 1. The van der Waals surface area contributed by atoms with E-state index in [1.807, 2.05) is 42.6 Å². The molecular formula is C27H32N6O5. The molecule has 4 rings (SSSR count). The van der Waals surface area contributed by atoms with Crippen molar-refractivity contribution in [2.24, 2.45) is 0 Å². The Labute approximate surface area is 220 Å². The predicted octanol–water partition coefficient (Wildman–Crippen LogP) is 1.75. The summed E-state index contributed by atoms with van der Waals surface area (Å²) in [7, 11) is 2.12. The van der Waals surface area contributed by atoms with Crippen molar-refractivity contribution in [1.82, 2.24) is 25.0 Å². The van der Waals surface area contributed by atoms with Crippen molar-refractivity contribution in [2.45, 2.75) is 26.3 Å². The zero-order valence-electron chi connectivity index (χ0n) is 21.7. The molecule has 38 heavy (non-hydrogen) atoms. The molecule has 3 N–H and O–H groups in total. The van der Waals surface area contributed by atoms with E-state index in [1.54, 1.807) is 13.8 Å². The molecule has 1 aliphatic rings. The van der Waals surface area contributed by atoms with Gasteiger partial charge in [0.2, 0.25) is 0 Å². The van der Waals surface area contributed by atoms with Gasteiger partial charge in [0.15, 0.2) is 5.75 Å². The normalized spacial score (nSPS) is 14.1. The number of nitrogens with zero attached hydrogens (tertiary/aromatic N) is 5. The van der Waals surface area contributed by atoms with Crippen LogP contribution in [0.5, 0.6) is 5.75 Å². The Morgan fingerprint density at radius 3 is 2.26 bits per heavy atom. The summed E-state index contributed by atoms with van der Waals surface area (Å²) < 4.78 is 1.12. The maximum atomic E-state index is 13.0. The summed E-state index contributed by atoms with van der Waals surface area (Å²) in [6.07, 6.45) is 1.85. The van der Waals surface area contributed by atoms with Crippen molar-refractivity contribution in [3.05, 3.63) is 69.8 Å². The highest BCUT2D eigenvalue weighted by molar-refractivity contribution is 5.98. The molecule has 0 aliphatic carbocycles. The minimum absolute atomic E-state index is 0.0684. The summed E-state index contributed by atoms with van der Waals surface area (Å²) in [5, 5.41) is 25.8. The molecule has 0 bridgehead atoms. The zero-order valence-corrected chi connectivity index (χ0v) is 21.7. The largest absolute Gasteiger partial charge is 0.505 e. The van der Waals surface area contributed by atoms with Crippen LogP contribution >= 0.6 is 0 Å². The summed E-state index contributed by atoms with van der Waals surface area (Å²) in [4.78, 5) is 45.6. The number of aromatic hydroxyl groups is 1. The SMILES string of the molecule is CC(C)c1nn(Cc2ccc(-c3ccc(N4CCN(C)CC4)nc3)cc2)c(=O)c(C(=O)NCC(=O)O)c1O. The summed E-state index contributed by atoms with van der Waals surface area (Å²) in [6.45, 7) is 6.85. The molecule has 1 aromatic carbocycles. The number of amides is 1. The molecule has 0 atom stereocenters. The molecular weight excluding hydrogens is 488 g/mol. The molecule has 0 radical (unpaired) electrons. The smallest absolute Gasteiger partial charge is 0.322 e. The number of rotatable bonds is 8. The average Bonchev–Trinajstić information content (AvgIpc) is 2.90. The summed E-state index contributed by atoms with van der Waals surface area (Å²) in [5.41, 5.74) is 1.55. The second-order valence-corrected chi connectivity index (χ2v) is 9.70. The van der Waals surface area contributed by atoms with Gasteiger partial charge in [-0.25, -0.2) is 9.67 Å². The quantitative estimate of drug-likeness (QED) is 0.405. The van der Waals surface area contributed by atoms with Crippen LogP contribution in [0.1, 0.15) is 41.4 Å². The maximum Gasteiger partial charge on any atom is 0.322 e. The van der Waals surface area contributed by atoms with Crippen molar-refractivity contribution < 1.29 is 19.8 Å². The zero-order chi connectivity index (χ0) is 27.4. The number of anilines is 1. The number of aliphatic carboxylic acids is 1. The van der Waals surface area contributed by atoms with Crippen LogP contribution in [-0.2, 0) is 11.3 Å². The van der Waals surface area contributed by atoms with Crippen molar-refractivity contribution in [3.8, 4) is 16.9 Å². The first-order chi connectivity index (χ1) is 18.1. The predicted molar refractivity (Wildman–Crippen MR) is 143 cm³/mol. The first kappa shape index (κ1) is 26.8. The third-order valence-electron chi connectivity index (χ3n) is 6.53. The Morgan fingerprint density at radius 1 is 1.03 bits per heavy atom. The van der Waals surface area contributed by atoms with E-state index in [2.05, 4.69) is 32.2 Å². The Balaban J connectivity index is 1.54. The van der Waals surface area contributed by atoms with Crippen molar-refractivity contribution >= 4 is 17.7 Å². The van der Waals surface area contributed by atoms with Crippen LogP contribution in [0.25, 0.3) is 11.1 Å². The van der Waals surface area contributed by atoms with Gasteiger partial charge in [-0.2, -0.15) is 5.10 Å². The van der Waals surface area contributed by atoms with Crippen LogP contribution in [0.2, 0.25) is 0 Å². The topological polar surface area (TPSA) is 141 Å². The minimum atomic E-state index is -1.26. The molecule has 0 spiro atoms. The molecule has 2 aromatic heterocycles. The number of nitrogens with one attached hydrogen (secondary N) is 1. The lowest BCUT2D eigenvalue weighted by molar-refractivity contribution is -0.135. The van der Waals surface area contributed by atoms with Gasteiger partial charge in [0.1, 0.15) is 23.6 Å². The van der Waals surface area contributed by atoms with E-state index in [-0.39, 0.29) is 18.2 Å². The van der Waals surface area contributed by atoms with E-state index in [0.717, 1.165) is 53.4 Å². The van der Waals surface area contributed by atoms with Crippen LogP contribution in [0.4, 0.5) is 5.82 Å². The Kier molecular flexibility index (Phi) is 8.06. The lowest BCUT2D eigenvalue weighted by Crippen LogP contribution is -2.44. The molecule has 1 saturated heterocycles. The van der Waals surface area contributed by atoms with Gasteiger partial charge in [-0.05, 0) is 30.3 Å². The number of carbonyl (C=O) groups excluding carboxylic acids is 1. The van der Waals surface area contributed by atoms with E-state index in [1.165, 1.54) is 0 Å². The van der Waals surface area contributed by atoms with Crippen molar-refractivity contribution in [3.63, 3.8) is 0 Å². The molecule has 0 saturated carbocycles. The number of carbonyl (C=O) groups is 2. The number of carboxylic acids is 1. The van der Waals surface area contributed by atoms with Crippen LogP contribution in [-0.4, -0.2) is 81.5 Å². The standard InChI is InChI=1S/C27H32N6O5/c1-17(2)24-25(36)23(26(37)29-15-22(34)35)27(38)33(30-24)16-18-4-6-19(7-5-18)20-8-9-21(28-14-20)32-12-10-31(3)11-13-32/h4-9,14,17,36H,10-13,15-16H2,1-3H3,(H,29,37)(H,34,35). The molecule has 1 aliphatic heterocycles. The van der Waals surface area contributed by atoms with Crippen LogP contribution in [0.15, 0.2) is 47.4 Å². The highest BCUT2D eigenvalue weighted by atomic mass is 16.4. The molecule has 200 valence electrons. The Hall–Kier alpha value is -4.25. The second-order valence-electron chi connectivity index (χ2n) is 9.70. The van der Waals surface area contributed by atoms with E-state index in [4.69, 9.17) is 5.11 Å². The maximum absolute atomic E-state index is 13.0. The molecule has 1 fully saturated rings. The third-order valence-corrected chi connectivity index (χ3v) is 6.53. The monoisotopic (exact) mass is 520 g/mol. The van der Waals surface area contributed by atoms with E-state index in [9.17, 15) is 19.5 Å². The van der Waals surface area contributed by atoms with Crippen LogP contribution in [0, 0.1) is 0 Å². The third kappa shape index (κ3) is 6.00. The molecule has 11 nitrogen and oxygen atoms in total. The highest BCUT2D eigenvalue weighted by Gasteiger charge is 2.25. The van der Waals surface area contributed by atoms with Gasteiger partial charge in [0.25, 0.3) is 11.5 Å². The van der Waals surface area contributed by atoms with Crippen molar-refractivity contribution in [1.29, 1.82) is 0 Å². The molecule has 1 amide bonds. The van der Waals surface area contributed by atoms with Gasteiger partial charge >= 0.3 is 5.97 Å². The molecule has 11 heteroatoms. The van der Waals surface area contributed by atoms with Gasteiger partial charge < -0.3 is 25.3 Å². The van der Waals surface area contributed by atoms with Gasteiger partial charge in [0.05, 0.1) is 6.54 Å². The van der Waals surface area contributed by atoms with Gasteiger partial charge in [0, 0.05) is 43.9 Å². The fraction of sp³-hybridized carbons (Fsp3) is 0.370. The van der Waals surface area contributed by atoms with Crippen molar-refractivity contribution in [2.75, 3.05) is 44.7 Å². The minimum Gasteiger partial charge on any atom is -0.505 e. The number of likely N-dealkylation sites (N-methyl/N-ethyl adjacent to an activating group) is 1. The lowest BCUT2D eigenvalue weighted by Gasteiger charge is -2.33. The van der Waals surface area contributed by atoms with E-state index in [0.29, 0.717) is 0 Å². The molecule has 0 unspecified atom stereocenters. The Bertz CT molecular complexity index is 1360. The van der Waals surface area contributed by atoms with Gasteiger partial charge in [-0.15, -0.1) is 0 Å². The summed E-state index contributed by atoms with van der Waals surface area (Å²) in [6, 6.07) is 11.7. The average molecular weight is 521 g/mol. The van der Waals surface area contributed by atoms with Gasteiger partial charge in [-0.3, -0.25) is 14.4 Å². The first-order valence-corrected chi connectivity index (χ1v) is 12.5. The number of benzene rings is 1. The number of hydrogen-bond acceptors (Lipinski definition) is 8. The van der Waals surface area contributed by atoms with E-state index < -0.39 is 35.3 Å². The van der Waals surface area contributed by atoms with E-state index >= 15 is 0 Å². The second kappa shape index (κ2) is 11.4. The lowest BCUT2D eigenvalue weighted by atomic mass is 10.0. The highest BCUT2D eigenvalue weighted by Crippen LogP contribution is 2.25. The number of piperazine rings is 1. The fourth-order valence-corrected chi connectivity index (χ4v) is 4.28. The first-order valence-electron chi connectivity index (χ1n) is 12.5. The fourth-order valence-electron chi connectivity index (χ4n) is 4.28. The van der Waals surface area contributed by atoms with Crippen LogP contribution < -0.4 is 15.8 Å². The number of aromatic nitrogens is 3. The number of hydrogen-bond donors (Lipinski definition) is 3. The molecule has 3 heterocycles. The van der Waals surface area contributed by atoms with Gasteiger partial charge in [-0.1, -0.05) is 38.1 Å². The molecule has 3 aromatic rings. The summed E-state index contributed by atoms with van der Waals surface area (Å²) >= 11 is 0.